The van der Waals surface area contributed by atoms with Crippen molar-refractivity contribution in [3.63, 3.8) is 0 Å². The summed E-state index contributed by atoms with van der Waals surface area (Å²) in [4.78, 5) is 13.3. The van der Waals surface area contributed by atoms with Crippen molar-refractivity contribution in [3.05, 3.63) is 71.9 Å². The van der Waals surface area contributed by atoms with Gasteiger partial charge in [0.1, 0.15) is 17.9 Å². The summed E-state index contributed by atoms with van der Waals surface area (Å²) in [5.41, 5.74) is 3.34. The molecule has 1 atom stereocenters. The Hall–Kier alpha value is -2.62. The van der Waals surface area contributed by atoms with E-state index >= 15 is 0 Å². The van der Waals surface area contributed by atoms with Gasteiger partial charge < -0.3 is 15.4 Å². The fraction of sp³-hybridized carbons (Fsp3) is 0.375. The van der Waals surface area contributed by atoms with Crippen molar-refractivity contribution in [2.45, 2.75) is 53.3 Å². The standard InChI is InChI=1S/C24H32N6O.HI/c1-5-19(4)31-22-13-18(3)7-9-21(22)16-29-24(26-6-2)28-15-20-8-10-23(27-14-20)30-12-11-25-17-30;/h7-14,17,19H,5-6,15-16H2,1-4H3,(H2,26,28,29);1H. The first-order valence-electron chi connectivity index (χ1n) is 10.8. The van der Waals surface area contributed by atoms with Gasteiger partial charge in [-0.15, -0.1) is 24.0 Å². The molecule has 3 aromatic rings. The fourth-order valence-electron chi connectivity index (χ4n) is 2.97. The van der Waals surface area contributed by atoms with Gasteiger partial charge in [-0.3, -0.25) is 4.57 Å². The van der Waals surface area contributed by atoms with Crippen molar-refractivity contribution >= 4 is 29.9 Å². The Bertz CT molecular complexity index is 973. The molecule has 0 aliphatic carbocycles. The molecule has 2 heterocycles. The molecule has 2 N–H and O–H groups in total. The highest BCUT2D eigenvalue weighted by atomic mass is 127. The van der Waals surface area contributed by atoms with E-state index in [1.54, 1.807) is 12.5 Å². The van der Waals surface area contributed by atoms with E-state index in [2.05, 4.69) is 66.5 Å². The average Bonchev–Trinajstić information content (AvgIpc) is 3.32. The predicted molar refractivity (Wildman–Crippen MR) is 140 cm³/mol. The Kier molecular flexibility index (Phi) is 10.5. The number of aryl methyl sites for hydroxylation is 1. The summed E-state index contributed by atoms with van der Waals surface area (Å²) in [5.74, 6) is 2.52. The monoisotopic (exact) mass is 548 g/mol. The molecule has 1 aromatic carbocycles. The van der Waals surface area contributed by atoms with E-state index in [1.165, 1.54) is 5.56 Å². The molecule has 3 rings (SSSR count). The topological polar surface area (TPSA) is 76.4 Å². The summed E-state index contributed by atoms with van der Waals surface area (Å²) in [6, 6.07) is 10.3. The number of nitrogens with one attached hydrogen (secondary N) is 2. The second-order valence-electron chi connectivity index (χ2n) is 7.49. The maximum absolute atomic E-state index is 6.12. The van der Waals surface area contributed by atoms with Crippen molar-refractivity contribution in [3.8, 4) is 11.6 Å². The molecule has 0 aliphatic rings. The van der Waals surface area contributed by atoms with Crippen LogP contribution in [-0.2, 0) is 13.1 Å². The molecular formula is C24H33IN6O. The van der Waals surface area contributed by atoms with Crippen molar-refractivity contribution in [2.24, 2.45) is 4.99 Å². The van der Waals surface area contributed by atoms with E-state index in [0.717, 1.165) is 41.6 Å². The van der Waals surface area contributed by atoms with E-state index in [9.17, 15) is 0 Å². The third-order valence-electron chi connectivity index (χ3n) is 4.91. The van der Waals surface area contributed by atoms with Crippen LogP contribution in [0.3, 0.4) is 0 Å². The number of guanidine groups is 1. The van der Waals surface area contributed by atoms with Crippen molar-refractivity contribution in [2.75, 3.05) is 6.54 Å². The van der Waals surface area contributed by atoms with Crippen molar-refractivity contribution in [1.29, 1.82) is 0 Å². The number of halogens is 1. The Balaban J connectivity index is 0.00000363. The SMILES string of the molecule is CCNC(=NCc1ccc(-n2ccnc2)nc1)NCc1ccc(C)cc1OC(C)CC.I. The minimum atomic E-state index is 0. The van der Waals surface area contributed by atoms with E-state index in [-0.39, 0.29) is 30.1 Å². The van der Waals surface area contributed by atoms with Gasteiger partial charge >= 0.3 is 0 Å². The van der Waals surface area contributed by atoms with Gasteiger partial charge in [0, 0.05) is 37.2 Å². The van der Waals surface area contributed by atoms with Gasteiger partial charge in [-0.1, -0.05) is 25.1 Å². The molecule has 0 aliphatic heterocycles. The molecule has 0 saturated carbocycles. The summed E-state index contributed by atoms with van der Waals surface area (Å²) >= 11 is 0. The molecule has 32 heavy (non-hydrogen) atoms. The lowest BCUT2D eigenvalue weighted by Gasteiger charge is -2.18. The number of pyridine rings is 1. The number of aliphatic imine (C=N–C) groups is 1. The highest BCUT2D eigenvalue weighted by Crippen LogP contribution is 2.22. The molecule has 7 nitrogen and oxygen atoms in total. The highest BCUT2D eigenvalue weighted by molar-refractivity contribution is 14.0. The van der Waals surface area contributed by atoms with E-state index in [4.69, 9.17) is 9.73 Å². The van der Waals surface area contributed by atoms with Gasteiger partial charge in [0.25, 0.3) is 0 Å². The predicted octanol–water partition coefficient (Wildman–Crippen LogP) is 4.63. The molecule has 0 bridgehead atoms. The summed E-state index contributed by atoms with van der Waals surface area (Å²) < 4.78 is 8.00. The lowest BCUT2D eigenvalue weighted by molar-refractivity contribution is 0.215. The van der Waals surface area contributed by atoms with Gasteiger partial charge in [-0.05, 0) is 50.5 Å². The Morgan fingerprint density at radius 2 is 2.03 bits per heavy atom. The lowest BCUT2D eigenvalue weighted by atomic mass is 10.1. The first-order chi connectivity index (χ1) is 15.1. The Morgan fingerprint density at radius 1 is 1.19 bits per heavy atom. The lowest BCUT2D eigenvalue weighted by Crippen LogP contribution is -2.37. The number of aromatic nitrogens is 3. The molecule has 172 valence electrons. The quantitative estimate of drug-likeness (QED) is 0.232. The van der Waals surface area contributed by atoms with Crippen LogP contribution in [0.1, 0.15) is 43.9 Å². The van der Waals surface area contributed by atoms with Crippen LogP contribution in [-0.4, -0.2) is 33.1 Å². The van der Waals surface area contributed by atoms with Crippen LogP contribution < -0.4 is 15.4 Å². The minimum absolute atomic E-state index is 0. The van der Waals surface area contributed by atoms with E-state index in [1.807, 2.05) is 29.1 Å². The highest BCUT2D eigenvalue weighted by Gasteiger charge is 2.09. The number of hydrogen-bond acceptors (Lipinski definition) is 4. The molecule has 0 radical (unpaired) electrons. The maximum atomic E-state index is 6.12. The van der Waals surface area contributed by atoms with Crippen LogP contribution in [0, 0.1) is 6.92 Å². The number of imidazole rings is 1. The third-order valence-corrected chi connectivity index (χ3v) is 4.91. The van der Waals surface area contributed by atoms with Crippen molar-refractivity contribution < 1.29 is 4.74 Å². The number of ether oxygens (including phenoxy) is 1. The average molecular weight is 548 g/mol. The first kappa shape index (κ1) is 25.6. The molecule has 0 fully saturated rings. The van der Waals surface area contributed by atoms with Crippen LogP contribution in [0.2, 0.25) is 0 Å². The number of hydrogen-bond donors (Lipinski definition) is 2. The van der Waals surface area contributed by atoms with Gasteiger partial charge in [-0.25, -0.2) is 15.0 Å². The number of nitrogens with zero attached hydrogens (tertiary/aromatic N) is 4. The molecule has 0 saturated heterocycles. The molecule has 0 spiro atoms. The van der Waals surface area contributed by atoms with Crippen LogP contribution >= 0.6 is 24.0 Å². The molecule has 8 heteroatoms. The second-order valence-corrected chi connectivity index (χ2v) is 7.49. The first-order valence-corrected chi connectivity index (χ1v) is 10.8. The smallest absolute Gasteiger partial charge is 0.191 e. The second kappa shape index (κ2) is 13.0. The number of benzene rings is 1. The summed E-state index contributed by atoms with van der Waals surface area (Å²) in [7, 11) is 0. The summed E-state index contributed by atoms with van der Waals surface area (Å²) in [6.45, 7) is 10.3. The molecular weight excluding hydrogens is 515 g/mol. The van der Waals surface area contributed by atoms with Crippen molar-refractivity contribution in [1.82, 2.24) is 25.2 Å². The zero-order valence-electron chi connectivity index (χ0n) is 19.2. The van der Waals surface area contributed by atoms with Crippen LogP contribution in [0.4, 0.5) is 0 Å². The maximum Gasteiger partial charge on any atom is 0.191 e. The zero-order chi connectivity index (χ0) is 22.1. The third kappa shape index (κ3) is 7.51. The van der Waals surface area contributed by atoms with Gasteiger partial charge in [0.2, 0.25) is 0 Å². The Labute approximate surface area is 207 Å². The molecule has 2 aromatic heterocycles. The Morgan fingerprint density at radius 3 is 2.69 bits per heavy atom. The largest absolute Gasteiger partial charge is 0.490 e. The van der Waals surface area contributed by atoms with Crippen LogP contribution in [0.25, 0.3) is 5.82 Å². The summed E-state index contributed by atoms with van der Waals surface area (Å²) in [6.07, 6.45) is 8.34. The van der Waals surface area contributed by atoms with E-state index < -0.39 is 0 Å². The summed E-state index contributed by atoms with van der Waals surface area (Å²) in [5, 5.41) is 6.72. The zero-order valence-corrected chi connectivity index (χ0v) is 21.5. The fourth-order valence-corrected chi connectivity index (χ4v) is 2.97. The molecule has 1 unspecified atom stereocenters. The van der Waals surface area contributed by atoms with Gasteiger partial charge in [0.15, 0.2) is 5.96 Å². The van der Waals surface area contributed by atoms with Gasteiger partial charge in [0.05, 0.1) is 12.6 Å². The van der Waals surface area contributed by atoms with Crippen LogP contribution in [0.15, 0.2) is 60.2 Å². The van der Waals surface area contributed by atoms with Gasteiger partial charge in [-0.2, -0.15) is 0 Å². The van der Waals surface area contributed by atoms with Crippen LogP contribution in [0.5, 0.6) is 5.75 Å². The van der Waals surface area contributed by atoms with E-state index in [0.29, 0.717) is 13.1 Å². The normalized spacial score (nSPS) is 12.1. The molecule has 0 amide bonds. The minimum Gasteiger partial charge on any atom is -0.490 e. The number of rotatable bonds is 9.